The van der Waals surface area contributed by atoms with Crippen molar-refractivity contribution < 1.29 is 24.5 Å². The van der Waals surface area contributed by atoms with E-state index < -0.39 is 5.78 Å². The molecule has 0 aromatic heterocycles. The summed E-state index contributed by atoms with van der Waals surface area (Å²) in [4.78, 5) is 13.2. The number of halogens is 4. The smallest absolute Gasteiger partial charge is 0.203 e. The number of methoxy groups -OCH3 is 2. The Morgan fingerprint density at radius 1 is 0.960 bits per heavy atom. The van der Waals surface area contributed by atoms with Crippen molar-refractivity contribution in [1.82, 2.24) is 0 Å². The summed E-state index contributed by atoms with van der Waals surface area (Å²) in [6.07, 6.45) is 0. The fourth-order valence-electron chi connectivity index (χ4n) is 2.28. The van der Waals surface area contributed by atoms with Gasteiger partial charge in [0.1, 0.15) is 17.1 Å². The number of aromatic hydroxyl groups is 2. The third-order valence-corrected chi connectivity index (χ3v) is 6.05. The van der Waals surface area contributed by atoms with Gasteiger partial charge in [-0.1, -0.05) is 23.2 Å². The van der Waals surface area contributed by atoms with Crippen LogP contribution in [0, 0.1) is 6.92 Å². The molecule has 0 saturated heterocycles. The topological polar surface area (TPSA) is 76.0 Å². The summed E-state index contributed by atoms with van der Waals surface area (Å²) >= 11 is 18.8. The Morgan fingerprint density at radius 3 is 1.72 bits per heavy atom. The third kappa shape index (κ3) is 3.30. The van der Waals surface area contributed by atoms with Crippen molar-refractivity contribution in [2.24, 2.45) is 0 Å². The lowest BCUT2D eigenvalue weighted by Gasteiger charge is -2.19. The van der Waals surface area contributed by atoms with Crippen LogP contribution < -0.4 is 9.47 Å². The molecule has 0 bridgehead atoms. The molecule has 2 aromatic carbocycles. The Kier molecular flexibility index (Phi) is 6.14. The van der Waals surface area contributed by atoms with Crippen LogP contribution in [0.1, 0.15) is 21.5 Å². The van der Waals surface area contributed by atoms with Crippen molar-refractivity contribution in [2.75, 3.05) is 14.2 Å². The van der Waals surface area contributed by atoms with Crippen LogP contribution in [0.2, 0.25) is 10.0 Å². The van der Waals surface area contributed by atoms with E-state index in [9.17, 15) is 15.0 Å². The first-order chi connectivity index (χ1) is 11.7. The first-order valence-electron chi connectivity index (χ1n) is 6.71. The van der Waals surface area contributed by atoms with Crippen molar-refractivity contribution in [2.45, 2.75) is 6.92 Å². The Bertz CT molecular complexity index is 827. The first kappa shape index (κ1) is 20.2. The van der Waals surface area contributed by atoms with E-state index >= 15 is 0 Å². The second-order valence-electron chi connectivity index (χ2n) is 4.94. The maximum Gasteiger partial charge on any atom is 0.203 e. The Morgan fingerprint density at radius 2 is 1.36 bits per heavy atom. The SMILES string of the molecule is COc1c(Cl)c(C)c(Cl)c(OC)c1C(=O)c1c(Br)c(O)cc(O)c1Br. The highest BCUT2D eigenvalue weighted by molar-refractivity contribution is 9.11. The van der Waals surface area contributed by atoms with Gasteiger partial charge in [-0.2, -0.15) is 0 Å². The van der Waals surface area contributed by atoms with E-state index in [0.717, 1.165) is 6.07 Å². The summed E-state index contributed by atoms with van der Waals surface area (Å²) in [5.74, 6) is -1.10. The van der Waals surface area contributed by atoms with Gasteiger partial charge < -0.3 is 19.7 Å². The van der Waals surface area contributed by atoms with E-state index in [0.29, 0.717) is 5.56 Å². The molecular formula is C16H12Br2Cl2O5. The van der Waals surface area contributed by atoms with E-state index in [1.54, 1.807) is 6.92 Å². The van der Waals surface area contributed by atoms with E-state index in [2.05, 4.69) is 31.9 Å². The van der Waals surface area contributed by atoms with Gasteiger partial charge >= 0.3 is 0 Å². The molecule has 0 aliphatic heterocycles. The van der Waals surface area contributed by atoms with Crippen LogP contribution in [0.3, 0.4) is 0 Å². The second-order valence-corrected chi connectivity index (χ2v) is 7.28. The standard InChI is InChI=1S/C16H12Br2Cl2O5/c1-5-12(19)15(24-2)9(16(25-3)13(5)20)14(23)8-10(17)6(21)4-7(22)11(8)18/h4,21-22H,1-3H3. The van der Waals surface area contributed by atoms with Crippen LogP contribution in [0.4, 0.5) is 0 Å². The van der Waals surface area contributed by atoms with Crippen molar-refractivity contribution in [3.8, 4) is 23.0 Å². The van der Waals surface area contributed by atoms with E-state index in [1.807, 2.05) is 0 Å². The van der Waals surface area contributed by atoms with Gasteiger partial charge in [-0.15, -0.1) is 0 Å². The predicted octanol–water partition coefficient (Wildman–Crippen LogP) is 5.49. The molecule has 0 unspecified atom stereocenters. The molecule has 0 aliphatic carbocycles. The van der Waals surface area contributed by atoms with Gasteiger partial charge in [0.2, 0.25) is 5.78 Å². The highest BCUT2D eigenvalue weighted by Crippen LogP contribution is 2.48. The molecule has 134 valence electrons. The third-order valence-electron chi connectivity index (χ3n) is 3.54. The summed E-state index contributed by atoms with van der Waals surface area (Å²) < 4.78 is 10.7. The monoisotopic (exact) mass is 512 g/mol. The molecule has 0 saturated carbocycles. The maximum absolute atomic E-state index is 13.2. The zero-order chi connectivity index (χ0) is 19.0. The highest BCUT2D eigenvalue weighted by atomic mass is 79.9. The summed E-state index contributed by atoms with van der Waals surface area (Å²) in [6, 6.07) is 1.09. The maximum atomic E-state index is 13.2. The molecule has 0 aliphatic rings. The molecule has 2 N–H and O–H groups in total. The molecule has 5 nitrogen and oxygen atoms in total. The van der Waals surface area contributed by atoms with Crippen LogP contribution in [0.5, 0.6) is 23.0 Å². The largest absolute Gasteiger partial charge is 0.507 e. The van der Waals surface area contributed by atoms with Crippen molar-refractivity contribution in [3.05, 3.63) is 41.7 Å². The van der Waals surface area contributed by atoms with E-state index in [4.69, 9.17) is 32.7 Å². The summed E-state index contributed by atoms with van der Waals surface area (Å²) in [6.45, 7) is 1.66. The zero-order valence-corrected chi connectivity index (χ0v) is 17.9. The highest BCUT2D eigenvalue weighted by Gasteiger charge is 2.31. The van der Waals surface area contributed by atoms with Gasteiger partial charge in [0.15, 0.2) is 11.5 Å². The molecule has 0 fully saturated rings. The van der Waals surface area contributed by atoms with Crippen molar-refractivity contribution >= 4 is 60.8 Å². The van der Waals surface area contributed by atoms with Crippen LogP contribution in [-0.2, 0) is 0 Å². The van der Waals surface area contributed by atoms with Crippen molar-refractivity contribution in [3.63, 3.8) is 0 Å². The van der Waals surface area contributed by atoms with Gasteiger partial charge in [-0.25, -0.2) is 0 Å². The van der Waals surface area contributed by atoms with E-state index in [-0.39, 0.29) is 53.1 Å². The fraction of sp³-hybridized carbons (Fsp3) is 0.188. The number of hydrogen-bond donors (Lipinski definition) is 2. The molecule has 2 rings (SSSR count). The molecule has 25 heavy (non-hydrogen) atoms. The lowest BCUT2D eigenvalue weighted by molar-refractivity contribution is 0.103. The number of ketones is 1. The molecule has 0 heterocycles. The number of phenols is 2. The molecule has 2 aromatic rings. The van der Waals surface area contributed by atoms with E-state index in [1.165, 1.54) is 14.2 Å². The minimum absolute atomic E-state index is 0.0306. The van der Waals surface area contributed by atoms with Crippen LogP contribution >= 0.6 is 55.1 Å². The minimum atomic E-state index is -0.623. The molecule has 9 heteroatoms. The van der Waals surface area contributed by atoms with Gasteiger partial charge in [-0.05, 0) is 44.3 Å². The Labute approximate surface area is 170 Å². The average Bonchev–Trinajstić information content (AvgIpc) is 2.57. The van der Waals surface area contributed by atoms with Gasteiger partial charge in [0, 0.05) is 6.07 Å². The molecule has 0 amide bonds. The lowest BCUT2D eigenvalue weighted by Crippen LogP contribution is -2.10. The quantitative estimate of drug-likeness (QED) is 0.528. The first-order valence-corrected chi connectivity index (χ1v) is 9.05. The number of rotatable bonds is 4. The number of phenolic OH excluding ortho intramolecular Hbond substituents is 2. The summed E-state index contributed by atoms with van der Waals surface area (Å²) in [5, 5.41) is 20.1. The van der Waals surface area contributed by atoms with Gasteiger partial charge in [-0.3, -0.25) is 4.79 Å². The molecular weight excluding hydrogens is 503 g/mol. The zero-order valence-electron chi connectivity index (χ0n) is 13.2. The predicted molar refractivity (Wildman–Crippen MR) is 103 cm³/mol. The number of benzene rings is 2. The number of hydrogen-bond acceptors (Lipinski definition) is 5. The molecule has 0 spiro atoms. The van der Waals surface area contributed by atoms with Gasteiger partial charge in [0.05, 0.1) is 38.8 Å². The molecule has 0 atom stereocenters. The minimum Gasteiger partial charge on any atom is -0.507 e. The Balaban J connectivity index is 2.91. The van der Waals surface area contributed by atoms with Crippen LogP contribution in [0.15, 0.2) is 15.0 Å². The van der Waals surface area contributed by atoms with Gasteiger partial charge in [0.25, 0.3) is 0 Å². The molecule has 0 radical (unpaired) electrons. The summed E-state index contributed by atoms with van der Waals surface area (Å²) in [5.41, 5.74) is 0.424. The summed E-state index contributed by atoms with van der Waals surface area (Å²) in [7, 11) is 2.71. The number of carbonyl (C=O) groups is 1. The second kappa shape index (κ2) is 7.61. The lowest BCUT2D eigenvalue weighted by atomic mass is 9.99. The average molecular weight is 515 g/mol. The number of carbonyl (C=O) groups excluding carboxylic acids is 1. The fourth-order valence-corrected chi connectivity index (χ4v) is 4.11. The van der Waals surface area contributed by atoms with Crippen LogP contribution in [-0.4, -0.2) is 30.2 Å². The normalized spacial score (nSPS) is 10.7. The van der Waals surface area contributed by atoms with Crippen molar-refractivity contribution in [1.29, 1.82) is 0 Å². The number of ether oxygens (including phenoxy) is 2. The van der Waals surface area contributed by atoms with Crippen LogP contribution in [0.25, 0.3) is 0 Å². The Hall–Kier alpha value is -1.15.